The fraction of sp³-hybridized carbons (Fsp3) is 0.650. The maximum absolute atomic E-state index is 12.9. The Bertz CT molecular complexity index is 779. The Kier molecular flexibility index (Phi) is 12.9. The third-order valence-corrected chi connectivity index (χ3v) is 6.18. The minimum Gasteiger partial charge on any atom is -0.480 e. The fourth-order valence-electron chi connectivity index (χ4n) is 2.88. The molecule has 1 heterocycles. The summed E-state index contributed by atoms with van der Waals surface area (Å²) in [4.78, 5) is 56.4. The topological polar surface area (TPSA) is 179 Å². The van der Waals surface area contributed by atoms with Crippen LogP contribution in [0.1, 0.15) is 32.4 Å². The van der Waals surface area contributed by atoms with Crippen LogP contribution in [-0.4, -0.2) is 80.7 Å². The number of aromatic amines is 1. The van der Waals surface area contributed by atoms with Gasteiger partial charge in [0.05, 0.1) is 12.4 Å². The molecule has 11 nitrogen and oxygen atoms in total. The lowest BCUT2D eigenvalue weighted by atomic mass is 9.97. The number of aliphatic carboxylic acids is 1. The second-order valence-corrected chi connectivity index (χ2v) is 9.03. The zero-order valence-corrected chi connectivity index (χ0v) is 20.7. The highest BCUT2D eigenvalue weighted by Crippen LogP contribution is 2.10. The van der Waals surface area contributed by atoms with Crippen LogP contribution in [0.2, 0.25) is 0 Å². The molecule has 0 saturated carbocycles. The van der Waals surface area contributed by atoms with Gasteiger partial charge < -0.3 is 31.8 Å². The summed E-state index contributed by atoms with van der Waals surface area (Å²) in [6.07, 6.45) is 5.80. The van der Waals surface area contributed by atoms with Crippen molar-refractivity contribution in [2.75, 3.05) is 17.8 Å². The van der Waals surface area contributed by atoms with Crippen molar-refractivity contribution < 1.29 is 24.3 Å². The van der Waals surface area contributed by atoms with Crippen molar-refractivity contribution in [2.24, 2.45) is 11.7 Å². The summed E-state index contributed by atoms with van der Waals surface area (Å²) in [7, 11) is 0. The number of thioether (sulfide) groups is 1. The first-order valence-corrected chi connectivity index (χ1v) is 12.6. The highest BCUT2D eigenvalue weighted by molar-refractivity contribution is 7.98. The Labute approximate surface area is 203 Å². The molecular formula is C20H34N6O5S2. The van der Waals surface area contributed by atoms with Crippen LogP contribution < -0.4 is 21.7 Å². The third-order valence-electron chi connectivity index (χ3n) is 5.17. The quantitative estimate of drug-likeness (QED) is 0.158. The van der Waals surface area contributed by atoms with E-state index in [2.05, 4.69) is 38.5 Å². The molecule has 186 valence electrons. The van der Waals surface area contributed by atoms with E-state index in [0.717, 1.165) is 0 Å². The molecule has 1 aromatic heterocycles. The van der Waals surface area contributed by atoms with Gasteiger partial charge in [-0.3, -0.25) is 14.4 Å². The van der Waals surface area contributed by atoms with Crippen molar-refractivity contribution in [3.05, 3.63) is 18.2 Å². The lowest BCUT2D eigenvalue weighted by Gasteiger charge is -2.27. The number of carboxylic acid groups (broad SMARTS) is 1. The number of thiol groups is 1. The minimum absolute atomic E-state index is 0.000753. The first-order chi connectivity index (χ1) is 15.6. The molecule has 5 atom stereocenters. The van der Waals surface area contributed by atoms with Gasteiger partial charge >= 0.3 is 5.97 Å². The van der Waals surface area contributed by atoms with Crippen LogP contribution in [0.4, 0.5) is 0 Å². The van der Waals surface area contributed by atoms with E-state index in [0.29, 0.717) is 24.3 Å². The predicted octanol–water partition coefficient (Wildman–Crippen LogP) is -0.452. The molecule has 3 amide bonds. The number of aromatic nitrogens is 2. The molecule has 1 rings (SSSR count). The number of hydrogen-bond acceptors (Lipinski definition) is 8. The monoisotopic (exact) mass is 502 g/mol. The number of carboxylic acids is 1. The van der Waals surface area contributed by atoms with Crippen molar-refractivity contribution in [1.29, 1.82) is 0 Å². The average Bonchev–Trinajstić information content (AvgIpc) is 3.30. The van der Waals surface area contributed by atoms with Crippen molar-refractivity contribution in [3.8, 4) is 0 Å². The molecule has 1 aromatic rings. The van der Waals surface area contributed by atoms with Crippen molar-refractivity contribution in [3.63, 3.8) is 0 Å². The summed E-state index contributed by atoms with van der Waals surface area (Å²) in [5.74, 6) is -2.52. The second kappa shape index (κ2) is 14.8. The van der Waals surface area contributed by atoms with Gasteiger partial charge in [-0.05, 0) is 24.3 Å². The Morgan fingerprint density at radius 1 is 1.18 bits per heavy atom. The number of nitrogens with zero attached hydrogens (tertiary/aromatic N) is 1. The molecule has 0 radical (unpaired) electrons. The van der Waals surface area contributed by atoms with Gasteiger partial charge in [0.2, 0.25) is 17.7 Å². The molecule has 33 heavy (non-hydrogen) atoms. The zero-order chi connectivity index (χ0) is 25.0. The van der Waals surface area contributed by atoms with E-state index in [-0.39, 0.29) is 18.1 Å². The number of rotatable bonds is 15. The first-order valence-electron chi connectivity index (χ1n) is 10.6. The smallest absolute Gasteiger partial charge is 0.326 e. The standard InChI is InChI=1S/C20H34N6O5S2/c1-4-11(2)16(19(29)24-14(20(30)31)7-12-8-22-10-23-12)26-18(28)15(9-32)25-17(27)13(21)5-6-33-3/h8,10-11,13-16,32H,4-7,9,21H2,1-3H3,(H,22,23)(H,24,29)(H,25,27)(H,26,28)(H,30,31). The summed E-state index contributed by atoms with van der Waals surface area (Å²) in [6, 6.07) is -3.98. The summed E-state index contributed by atoms with van der Waals surface area (Å²) in [6.45, 7) is 3.61. The predicted molar refractivity (Wildman–Crippen MR) is 130 cm³/mol. The van der Waals surface area contributed by atoms with E-state index in [1.165, 1.54) is 12.5 Å². The molecule has 0 fully saturated rings. The molecule has 13 heteroatoms. The molecule has 0 bridgehead atoms. The van der Waals surface area contributed by atoms with Gasteiger partial charge in [0.15, 0.2) is 0 Å². The molecule has 0 aliphatic carbocycles. The maximum atomic E-state index is 12.9. The molecule has 0 aliphatic rings. The summed E-state index contributed by atoms with van der Waals surface area (Å²) < 4.78 is 0. The summed E-state index contributed by atoms with van der Waals surface area (Å²) in [5, 5.41) is 17.2. The van der Waals surface area contributed by atoms with Crippen LogP contribution in [0, 0.1) is 5.92 Å². The number of H-pyrrole nitrogens is 1. The van der Waals surface area contributed by atoms with Crippen LogP contribution in [0.5, 0.6) is 0 Å². The molecule has 7 N–H and O–H groups in total. The van der Waals surface area contributed by atoms with Crippen molar-refractivity contribution in [2.45, 2.75) is 57.3 Å². The van der Waals surface area contributed by atoms with Crippen LogP contribution in [-0.2, 0) is 25.6 Å². The minimum atomic E-state index is -1.22. The SMILES string of the molecule is CCC(C)C(NC(=O)C(CS)NC(=O)C(N)CCSC)C(=O)NC(Cc1cnc[nH]1)C(=O)O. The van der Waals surface area contributed by atoms with E-state index < -0.39 is 47.9 Å². The largest absolute Gasteiger partial charge is 0.480 e. The third kappa shape index (κ3) is 9.64. The molecule has 0 aromatic carbocycles. The van der Waals surface area contributed by atoms with Gasteiger partial charge in [-0.1, -0.05) is 20.3 Å². The summed E-state index contributed by atoms with van der Waals surface area (Å²) >= 11 is 5.70. The number of amides is 3. The average molecular weight is 503 g/mol. The molecule has 0 saturated heterocycles. The molecule has 0 spiro atoms. The number of imidazole rings is 1. The Morgan fingerprint density at radius 3 is 2.36 bits per heavy atom. The van der Waals surface area contributed by atoms with Gasteiger partial charge in [0.25, 0.3) is 0 Å². The van der Waals surface area contributed by atoms with Gasteiger partial charge in [0, 0.05) is 24.1 Å². The van der Waals surface area contributed by atoms with Gasteiger partial charge in [0.1, 0.15) is 18.1 Å². The number of carbonyl (C=O) groups is 4. The second-order valence-electron chi connectivity index (χ2n) is 7.68. The molecule has 0 aliphatic heterocycles. The van der Waals surface area contributed by atoms with Crippen LogP contribution >= 0.6 is 24.4 Å². The van der Waals surface area contributed by atoms with E-state index in [1.807, 2.05) is 13.2 Å². The van der Waals surface area contributed by atoms with E-state index >= 15 is 0 Å². The Hall–Kier alpha value is -2.25. The number of nitrogens with one attached hydrogen (secondary N) is 4. The first kappa shape index (κ1) is 28.8. The number of carbonyl (C=O) groups excluding carboxylic acids is 3. The van der Waals surface area contributed by atoms with Crippen molar-refractivity contribution in [1.82, 2.24) is 25.9 Å². The van der Waals surface area contributed by atoms with Gasteiger partial charge in [-0.25, -0.2) is 9.78 Å². The lowest BCUT2D eigenvalue weighted by molar-refractivity contribution is -0.142. The number of hydrogen-bond donors (Lipinski definition) is 7. The van der Waals surface area contributed by atoms with Crippen LogP contribution in [0.25, 0.3) is 0 Å². The van der Waals surface area contributed by atoms with Crippen molar-refractivity contribution >= 4 is 48.1 Å². The lowest BCUT2D eigenvalue weighted by Crippen LogP contribution is -2.59. The Morgan fingerprint density at radius 2 is 1.85 bits per heavy atom. The maximum Gasteiger partial charge on any atom is 0.326 e. The Balaban J connectivity index is 2.86. The highest BCUT2D eigenvalue weighted by Gasteiger charge is 2.32. The number of nitrogens with two attached hydrogens (primary N) is 1. The fourth-order valence-corrected chi connectivity index (χ4v) is 3.63. The van der Waals surface area contributed by atoms with E-state index in [1.54, 1.807) is 18.7 Å². The summed E-state index contributed by atoms with van der Waals surface area (Å²) in [5.41, 5.74) is 6.40. The van der Waals surface area contributed by atoms with E-state index in [9.17, 15) is 24.3 Å². The van der Waals surface area contributed by atoms with Gasteiger partial charge in [-0.15, -0.1) is 0 Å². The normalized spacial score (nSPS) is 15.5. The molecular weight excluding hydrogens is 468 g/mol. The van der Waals surface area contributed by atoms with Crippen LogP contribution in [0.15, 0.2) is 12.5 Å². The highest BCUT2D eigenvalue weighted by atomic mass is 32.2. The van der Waals surface area contributed by atoms with Gasteiger partial charge in [-0.2, -0.15) is 24.4 Å². The van der Waals surface area contributed by atoms with E-state index in [4.69, 9.17) is 5.73 Å². The van der Waals surface area contributed by atoms with Crippen LogP contribution in [0.3, 0.4) is 0 Å². The molecule has 5 unspecified atom stereocenters. The zero-order valence-electron chi connectivity index (χ0n) is 19.0.